The molecule has 1 fully saturated rings. The van der Waals surface area contributed by atoms with Gasteiger partial charge < -0.3 is 20.4 Å². The van der Waals surface area contributed by atoms with Gasteiger partial charge in [0.2, 0.25) is 17.6 Å². The van der Waals surface area contributed by atoms with Gasteiger partial charge in [-0.15, -0.1) is 0 Å². The van der Waals surface area contributed by atoms with Crippen LogP contribution in [0.3, 0.4) is 0 Å². The number of amides is 2. The molecular weight excluding hydrogens is 588 g/mol. The van der Waals surface area contributed by atoms with Crippen LogP contribution in [0, 0.1) is 5.92 Å². The average Bonchev–Trinajstić information content (AvgIpc) is 3.69. The third kappa shape index (κ3) is 8.37. The molecule has 2 unspecified atom stereocenters. The molecule has 5 rings (SSSR count). The Bertz CT molecular complexity index is 1610. The number of thiophene rings is 1. The number of Topliss-reactive ketones (excluding diaryl/α,β-unsaturated/α-hetero) is 1. The highest BCUT2D eigenvalue weighted by Crippen LogP contribution is 2.19. The van der Waals surface area contributed by atoms with Gasteiger partial charge in [-0.2, -0.15) is 11.3 Å². The lowest BCUT2D eigenvalue weighted by Gasteiger charge is -2.26. The summed E-state index contributed by atoms with van der Waals surface area (Å²) >= 11 is 1.38. The van der Waals surface area contributed by atoms with Gasteiger partial charge in [0.1, 0.15) is 11.6 Å². The monoisotopic (exact) mass is 622 g/mol. The summed E-state index contributed by atoms with van der Waals surface area (Å²) in [4.78, 5) is 44.9. The maximum atomic E-state index is 13.8. The highest BCUT2D eigenvalue weighted by Gasteiger charge is 2.34. The first kappa shape index (κ1) is 30.6. The van der Waals surface area contributed by atoms with Crippen LogP contribution in [0.25, 0.3) is 11.1 Å². The van der Waals surface area contributed by atoms with Gasteiger partial charge in [-0.05, 0) is 78.9 Å². The predicted octanol–water partition coefficient (Wildman–Crippen LogP) is 3.29. The van der Waals surface area contributed by atoms with E-state index in [2.05, 4.69) is 20.9 Å². The van der Waals surface area contributed by atoms with E-state index in [1.165, 1.54) is 11.3 Å². The van der Waals surface area contributed by atoms with Crippen LogP contribution in [-0.4, -0.2) is 61.9 Å². The molecule has 0 aliphatic carbocycles. The molecule has 226 valence electrons. The van der Waals surface area contributed by atoms with Crippen molar-refractivity contribution < 1.29 is 27.2 Å². The Kier molecular flexibility index (Phi) is 10.0. The molecule has 1 aliphatic rings. The number of hydrogen-bond donors (Lipinski definition) is 3. The van der Waals surface area contributed by atoms with Crippen LogP contribution in [0.5, 0.6) is 0 Å². The van der Waals surface area contributed by atoms with E-state index in [1.54, 1.807) is 41.1 Å². The van der Waals surface area contributed by atoms with Crippen molar-refractivity contribution in [3.05, 3.63) is 88.4 Å². The standard InChI is InChI=1S/C31H34N4O6S2/c36-28(31-35-24-8-4-5-9-27(24)41-31)25(11-10-21-6-2-1-3-7-21)33-30(38)26(34-29(37)23-12-15-32-16-13-23)20-43(39,40)19-22-14-17-42-18-22/h1-9,14,17-18,23,25-26,32H,10-13,15-16,19-20H2,(H,33,38)(H,34,37). The summed E-state index contributed by atoms with van der Waals surface area (Å²) in [6.45, 7) is 1.32. The molecule has 2 atom stereocenters. The van der Waals surface area contributed by atoms with Gasteiger partial charge in [-0.3, -0.25) is 14.4 Å². The first-order valence-electron chi connectivity index (χ1n) is 14.2. The number of carbonyl (C=O) groups is 3. The van der Waals surface area contributed by atoms with Crippen molar-refractivity contribution in [1.29, 1.82) is 0 Å². The van der Waals surface area contributed by atoms with E-state index in [0.29, 0.717) is 49.0 Å². The first-order chi connectivity index (χ1) is 20.8. The van der Waals surface area contributed by atoms with Gasteiger partial charge in [0.15, 0.2) is 15.4 Å². The molecule has 0 spiro atoms. The van der Waals surface area contributed by atoms with E-state index in [0.717, 1.165) is 5.56 Å². The number of nitrogens with zero attached hydrogens (tertiary/aromatic N) is 1. The molecule has 0 radical (unpaired) electrons. The van der Waals surface area contributed by atoms with E-state index < -0.39 is 39.4 Å². The third-order valence-electron chi connectivity index (χ3n) is 7.43. The van der Waals surface area contributed by atoms with Gasteiger partial charge >= 0.3 is 0 Å². The second-order valence-corrected chi connectivity index (χ2v) is 13.6. The number of oxazole rings is 1. The van der Waals surface area contributed by atoms with Crippen molar-refractivity contribution in [2.24, 2.45) is 5.92 Å². The molecule has 12 heteroatoms. The largest absolute Gasteiger partial charge is 0.434 e. The van der Waals surface area contributed by atoms with E-state index >= 15 is 0 Å². The zero-order valence-corrected chi connectivity index (χ0v) is 25.2. The van der Waals surface area contributed by atoms with Crippen LogP contribution in [0.1, 0.15) is 41.1 Å². The Morgan fingerprint density at radius 3 is 2.42 bits per heavy atom. The number of fused-ring (bicyclic) bond motifs is 1. The SMILES string of the molecule is O=C(NC(CS(=O)(=O)Cc1ccsc1)C(=O)NC(CCc1ccccc1)C(=O)c1nc2ccccc2o1)C1CCNCC1. The zero-order chi connectivity index (χ0) is 30.2. The number of para-hydroxylation sites is 2. The minimum Gasteiger partial charge on any atom is -0.434 e. The van der Waals surface area contributed by atoms with Crippen molar-refractivity contribution in [2.75, 3.05) is 18.8 Å². The Balaban J connectivity index is 1.38. The minimum atomic E-state index is -3.80. The highest BCUT2D eigenvalue weighted by molar-refractivity contribution is 7.90. The smallest absolute Gasteiger partial charge is 0.266 e. The number of ketones is 1. The summed E-state index contributed by atoms with van der Waals surface area (Å²) in [7, 11) is -3.80. The maximum absolute atomic E-state index is 13.8. The number of carbonyl (C=O) groups excluding carboxylic acids is 3. The Labute approximate surface area is 254 Å². The molecule has 2 amide bonds. The Morgan fingerprint density at radius 1 is 0.953 bits per heavy atom. The molecule has 0 bridgehead atoms. The lowest BCUT2D eigenvalue weighted by atomic mass is 9.97. The first-order valence-corrected chi connectivity index (χ1v) is 17.0. The molecule has 2 aromatic carbocycles. The summed E-state index contributed by atoms with van der Waals surface area (Å²) in [5.41, 5.74) is 2.51. The molecule has 3 heterocycles. The van der Waals surface area contributed by atoms with Crippen molar-refractivity contribution in [2.45, 2.75) is 43.5 Å². The fraction of sp³-hybridized carbons (Fsp3) is 0.355. The van der Waals surface area contributed by atoms with E-state index in [-0.39, 0.29) is 29.9 Å². The zero-order valence-electron chi connectivity index (χ0n) is 23.5. The molecule has 0 saturated carbocycles. The molecular formula is C31H34N4O6S2. The van der Waals surface area contributed by atoms with Crippen LogP contribution in [-0.2, 0) is 31.6 Å². The van der Waals surface area contributed by atoms with Crippen LogP contribution in [0.15, 0.2) is 75.8 Å². The highest BCUT2D eigenvalue weighted by atomic mass is 32.2. The Hall–Kier alpha value is -3.87. The molecule has 3 N–H and O–H groups in total. The molecule has 4 aromatic rings. The summed E-state index contributed by atoms with van der Waals surface area (Å²) in [6, 6.07) is 15.7. The molecule has 2 aromatic heterocycles. The van der Waals surface area contributed by atoms with Gasteiger partial charge in [-0.25, -0.2) is 13.4 Å². The van der Waals surface area contributed by atoms with Crippen molar-refractivity contribution >= 4 is 49.9 Å². The van der Waals surface area contributed by atoms with Crippen LogP contribution in [0.2, 0.25) is 0 Å². The third-order valence-corrected chi connectivity index (χ3v) is 9.78. The number of benzene rings is 2. The summed E-state index contributed by atoms with van der Waals surface area (Å²) < 4.78 is 32.1. The second kappa shape index (κ2) is 14.1. The number of rotatable bonds is 13. The summed E-state index contributed by atoms with van der Waals surface area (Å²) in [5.74, 6) is -3.02. The fourth-order valence-electron chi connectivity index (χ4n) is 5.12. The van der Waals surface area contributed by atoms with E-state index in [4.69, 9.17) is 4.42 Å². The molecule has 1 saturated heterocycles. The normalized spacial score (nSPS) is 15.5. The Morgan fingerprint density at radius 2 is 1.70 bits per heavy atom. The van der Waals surface area contributed by atoms with Crippen LogP contribution < -0.4 is 16.0 Å². The number of nitrogens with one attached hydrogen (secondary N) is 3. The van der Waals surface area contributed by atoms with Crippen LogP contribution >= 0.6 is 11.3 Å². The molecule has 1 aliphatic heterocycles. The quantitative estimate of drug-likeness (QED) is 0.193. The van der Waals surface area contributed by atoms with Crippen molar-refractivity contribution in [3.63, 3.8) is 0 Å². The van der Waals surface area contributed by atoms with Crippen molar-refractivity contribution in [3.8, 4) is 0 Å². The lowest BCUT2D eigenvalue weighted by molar-refractivity contribution is -0.131. The maximum Gasteiger partial charge on any atom is 0.266 e. The predicted molar refractivity (Wildman–Crippen MR) is 164 cm³/mol. The number of sulfone groups is 1. The number of hydrogen-bond acceptors (Lipinski definition) is 9. The van der Waals surface area contributed by atoms with Crippen LogP contribution in [0.4, 0.5) is 0 Å². The average molecular weight is 623 g/mol. The second-order valence-electron chi connectivity index (χ2n) is 10.7. The van der Waals surface area contributed by atoms with E-state index in [1.807, 2.05) is 30.3 Å². The van der Waals surface area contributed by atoms with E-state index in [9.17, 15) is 22.8 Å². The van der Waals surface area contributed by atoms with Gasteiger partial charge in [0.25, 0.3) is 5.89 Å². The van der Waals surface area contributed by atoms with Crippen molar-refractivity contribution in [1.82, 2.24) is 20.9 Å². The summed E-state index contributed by atoms with van der Waals surface area (Å²) in [6.07, 6.45) is 1.83. The number of aromatic nitrogens is 1. The topological polar surface area (TPSA) is 147 Å². The molecule has 10 nitrogen and oxygen atoms in total. The number of aryl methyl sites for hydroxylation is 1. The lowest BCUT2D eigenvalue weighted by Crippen LogP contribution is -2.55. The number of piperidine rings is 1. The molecule has 43 heavy (non-hydrogen) atoms. The fourth-order valence-corrected chi connectivity index (χ4v) is 7.44. The van der Waals surface area contributed by atoms with Gasteiger partial charge in [-0.1, -0.05) is 42.5 Å². The van der Waals surface area contributed by atoms with Gasteiger partial charge in [0, 0.05) is 5.92 Å². The minimum absolute atomic E-state index is 0.153. The van der Waals surface area contributed by atoms with Gasteiger partial charge in [0.05, 0.1) is 17.5 Å². The summed E-state index contributed by atoms with van der Waals surface area (Å²) in [5, 5.41) is 12.1.